The van der Waals surface area contributed by atoms with Gasteiger partial charge in [0.25, 0.3) is 0 Å². The summed E-state index contributed by atoms with van der Waals surface area (Å²) in [4.78, 5) is 6.17. The lowest BCUT2D eigenvalue weighted by Crippen LogP contribution is -2.49. The Bertz CT molecular complexity index is 368. The lowest BCUT2D eigenvalue weighted by molar-refractivity contribution is -0.132. The number of nitrogens with zero attached hydrogens (tertiary/aromatic N) is 2. The summed E-state index contributed by atoms with van der Waals surface area (Å²) in [6.07, 6.45) is -1.40. The zero-order chi connectivity index (χ0) is 17.9. The molecule has 0 fully saturated rings. The fourth-order valence-electron chi connectivity index (χ4n) is 2.21. The Kier molecular flexibility index (Phi) is 10.4. The van der Waals surface area contributed by atoms with Crippen molar-refractivity contribution in [3.63, 3.8) is 0 Å². The number of rotatable bonds is 10. The second kappa shape index (κ2) is 11.1. The molecule has 4 nitrogen and oxygen atoms in total. The molecule has 0 bridgehead atoms. The molecule has 134 valence electrons. The quantitative estimate of drug-likeness (QED) is 0.367. The summed E-state index contributed by atoms with van der Waals surface area (Å²) in [5.74, 6) is 0.729. The lowest BCUT2D eigenvalue weighted by atomic mass is 10.0. The van der Waals surface area contributed by atoms with Crippen LogP contribution in [0.15, 0.2) is 30.3 Å². The van der Waals surface area contributed by atoms with Gasteiger partial charge in [0.2, 0.25) is 0 Å². The molecule has 0 aromatic rings. The maximum absolute atomic E-state index is 12.2. The van der Waals surface area contributed by atoms with Crippen LogP contribution in [0.5, 0.6) is 0 Å². The molecule has 1 unspecified atom stereocenters. The molecule has 23 heavy (non-hydrogen) atoms. The van der Waals surface area contributed by atoms with E-state index in [1.165, 1.54) is 0 Å². The van der Waals surface area contributed by atoms with E-state index in [-0.39, 0.29) is 12.6 Å². The standard InChI is InChI=1S/C16H29F3N4/c1-6-10-23(11-7-2)14(13(3)4)12-22-15(20-5)21-9-8-16(17,18)19/h6-7,13-14H,1-2,8-12H2,3-5H3,(H2,20,21,22). The summed E-state index contributed by atoms with van der Waals surface area (Å²) >= 11 is 0. The van der Waals surface area contributed by atoms with E-state index in [1.807, 2.05) is 12.2 Å². The Balaban J connectivity index is 4.57. The van der Waals surface area contributed by atoms with Gasteiger partial charge in [-0.15, -0.1) is 13.2 Å². The van der Waals surface area contributed by atoms with Gasteiger partial charge >= 0.3 is 6.18 Å². The van der Waals surface area contributed by atoms with E-state index in [0.717, 1.165) is 13.1 Å². The molecule has 0 saturated carbocycles. The van der Waals surface area contributed by atoms with Crippen molar-refractivity contribution in [3.8, 4) is 0 Å². The molecule has 0 saturated heterocycles. The molecule has 0 radical (unpaired) electrons. The van der Waals surface area contributed by atoms with Crippen LogP contribution in [-0.2, 0) is 0 Å². The van der Waals surface area contributed by atoms with Crippen LogP contribution in [0.1, 0.15) is 20.3 Å². The van der Waals surface area contributed by atoms with E-state index in [2.05, 4.69) is 47.5 Å². The Labute approximate surface area is 137 Å². The van der Waals surface area contributed by atoms with Crippen LogP contribution in [0, 0.1) is 5.92 Å². The number of alkyl halides is 3. The summed E-state index contributed by atoms with van der Waals surface area (Å²) in [5.41, 5.74) is 0. The SMILES string of the molecule is C=CCN(CC=C)C(CNC(=NC)NCCC(F)(F)F)C(C)C. The van der Waals surface area contributed by atoms with Gasteiger partial charge in [0.05, 0.1) is 6.42 Å². The van der Waals surface area contributed by atoms with E-state index in [1.54, 1.807) is 7.05 Å². The van der Waals surface area contributed by atoms with Crippen LogP contribution < -0.4 is 10.6 Å². The first-order valence-corrected chi connectivity index (χ1v) is 7.72. The third kappa shape index (κ3) is 9.99. The van der Waals surface area contributed by atoms with Crippen LogP contribution in [0.25, 0.3) is 0 Å². The number of hydrogen-bond donors (Lipinski definition) is 2. The van der Waals surface area contributed by atoms with Gasteiger partial charge in [0.15, 0.2) is 5.96 Å². The first-order valence-electron chi connectivity index (χ1n) is 7.72. The van der Waals surface area contributed by atoms with E-state index in [4.69, 9.17) is 0 Å². The van der Waals surface area contributed by atoms with Gasteiger partial charge < -0.3 is 10.6 Å². The van der Waals surface area contributed by atoms with Crippen LogP contribution in [0.4, 0.5) is 13.2 Å². The summed E-state index contributed by atoms with van der Waals surface area (Å²) in [6, 6.07) is 0.187. The zero-order valence-electron chi connectivity index (χ0n) is 14.3. The van der Waals surface area contributed by atoms with Gasteiger partial charge in [-0.25, -0.2) is 0 Å². The number of guanidine groups is 1. The normalized spacial score (nSPS) is 14.0. The minimum absolute atomic E-state index is 0.187. The number of nitrogens with one attached hydrogen (secondary N) is 2. The predicted molar refractivity (Wildman–Crippen MR) is 90.6 cm³/mol. The smallest absolute Gasteiger partial charge is 0.356 e. The summed E-state index contributed by atoms with van der Waals surface area (Å²) in [5, 5.41) is 5.78. The van der Waals surface area contributed by atoms with Gasteiger partial charge in [-0.1, -0.05) is 26.0 Å². The Morgan fingerprint density at radius 3 is 2.13 bits per heavy atom. The van der Waals surface area contributed by atoms with Crippen LogP contribution in [0.2, 0.25) is 0 Å². The van der Waals surface area contributed by atoms with Crippen molar-refractivity contribution in [3.05, 3.63) is 25.3 Å². The minimum atomic E-state index is -4.17. The Hall–Kier alpha value is -1.50. The first kappa shape index (κ1) is 21.5. The third-order valence-electron chi connectivity index (χ3n) is 3.37. The van der Waals surface area contributed by atoms with E-state index < -0.39 is 12.6 Å². The van der Waals surface area contributed by atoms with Crippen LogP contribution >= 0.6 is 0 Å². The molecular weight excluding hydrogens is 305 g/mol. The largest absolute Gasteiger partial charge is 0.390 e. The minimum Gasteiger partial charge on any atom is -0.356 e. The highest BCUT2D eigenvalue weighted by molar-refractivity contribution is 5.79. The van der Waals surface area contributed by atoms with Gasteiger partial charge in [-0.05, 0) is 5.92 Å². The van der Waals surface area contributed by atoms with Crippen molar-refractivity contribution in [2.45, 2.75) is 32.5 Å². The topological polar surface area (TPSA) is 39.7 Å². The summed E-state index contributed by atoms with van der Waals surface area (Å²) in [7, 11) is 1.54. The van der Waals surface area contributed by atoms with Crippen molar-refractivity contribution in [2.24, 2.45) is 10.9 Å². The Morgan fingerprint density at radius 2 is 1.74 bits per heavy atom. The number of halogens is 3. The fraction of sp³-hybridized carbons (Fsp3) is 0.688. The molecule has 0 aromatic heterocycles. The number of aliphatic imine (C=N–C) groups is 1. The molecule has 0 aliphatic heterocycles. The summed E-state index contributed by atoms with van der Waals surface area (Å²) in [6.45, 7) is 13.5. The van der Waals surface area contributed by atoms with E-state index in [0.29, 0.717) is 18.4 Å². The molecule has 0 amide bonds. The van der Waals surface area contributed by atoms with Crippen LogP contribution in [-0.4, -0.2) is 56.3 Å². The van der Waals surface area contributed by atoms with Crippen molar-refractivity contribution < 1.29 is 13.2 Å². The lowest BCUT2D eigenvalue weighted by Gasteiger charge is -2.33. The molecular formula is C16H29F3N4. The molecule has 1 atom stereocenters. The molecule has 7 heteroatoms. The molecule has 0 aliphatic rings. The fourth-order valence-corrected chi connectivity index (χ4v) is 2.21. The monoisotopic (exact) mass is 334 g/mol. The van der Waals surface area contributed by atoms with Gasteiger partial charge in [0, 0.05) is 39.3 Å². The van der Waals surface area contributed by atoms with E-state index in [9.17, 15) is 13.2 Å². The van der Waals surface area contributed by atoms with Crippen molar-refractivity contribution in [1.82, 2.24) is 15.5 Å². The predicted octanol–water partition coefficient (Wildman–Crippen LogP) is 2.80. The second-order valence-electron chi connectivity index (χ2n) is 5.59. The highest BCUT2D eigenvalue weighted by Crippen LogP contribution is 2.18. The van der Waals surface area contributed by atoms with Gasteiger partial charge in [0.1, 0.15) is 0 Å². The first-order chi connectivity index (χ1) is 10.7. The Morgan fingerprint density at radius 1 is 1.17 bits per heavy atom. The third-order valence-corrected chi connectivity index (χ3v) is 3.37. The average molecular weight is 334 g/mol. The van der Waals surface area contributed by atoms with E-state index >= 15 is 0 Å². The molecule has 0 rings (SSSR count). The maximum Gasteiger partial charge on any atom is 0.390 e. The highest BCUT2D eigenvalue weighted by atomic mass is 19.4. The maximum atomic E-state index is 12.2. The summed E-state index contributed by atoms with van der Waals surface area (Å²) < 4.78 is 36.5. The van der Waals surface area contributed by atoms with Crippen molar-refractivity contribution in [2.75, 3.05) is 33.2 Å². The van der Waals surface area contributed by atoms with Crippen molar-refractivity contribution in [1.29, 1.82) is 0 Å². The highest BCUT2D eigenvalue weighted by Gasteiger charge is 2.26. The van der Waals surface area contributed by atoms with Gasteiger partial charge in [-0.2, -0.15) is 13.2 Å². The average Bonchev–Trinajstić information content (AvgIpc) is 2.44. The van der Waals surface area contributed by atoms with Gasteiger partial charge in [-0.3, -0.25) is 9.89 Å². The molecule has 0 heterocycles. The molecule has 2 N–H and O–H groups in total. The molecule has 0 spiro atoms. The second-order valence-corrected chi connectivity index (χ2v) is 5.59. The number of hydrogen-bond acceptors (Lipinski definition) is 2. The molecule has 0 aromatic carbocycles. The van der Waals surface area contributed by atoms with Crippen LogP contribution in [0.3, 0.4) is 0 Å². The zero-order valence-corrected chi connectivity index (χ0v) is 14.3. The molecule has 0 aliphatic carbocycles. The van der Waals surface area contributed by atoms with Crippen molar-refractivity contribution >= 4 is 5.96 Å².